The number of rotatable bonds is 6. The number of amides is 2. The molecule has 0 spiro atoms. The highest BCUT2D eigenvalue weighted by atomic mass is 16.2. The number of carbonyl (C=O) groups excluding carboxylic acids is 2. The van der Waals surface area contributed by atoms with Gasteiger partial charge in [-0.2, -0.15) is 5.10 Å². The van der Waals surface area contributed by atoms with Crippen molar-refractivity contribution in [3.8, 4) is 0 Å². The van der Waals surface area contributed by atoms with Crippen LogP contribution in [0.2, 0.25) is 0 Å². The third-order valence-electron chi connectivity index (χ3n) is 5.07. The maximum atomic E-state index is 13.0. The molecule has 0 aromatic carbocycles. The smallest absolute Gasteiger partial charge is 0.256 e. The summed E-state index contributed by atoms with van der Waals surface area (Å²) in [6, 6.07) is 3.25. The molecule has 2 heterocycles. The molecule has 0 saturated heterocycles. The van der Waals surface area contributed by atoms with Crippen molar-refractivity contribution in [2.24, 2.45) is 5.92 Å². The van der Waals surface area contributed by atoms with Gasteiger partial charge in [0, 0.05) is 26.5 Å². The number of hydrogen-bond donors (Lipinski definition) is 1. The highest BCUT2D eigenvalue weighted by molar-refractivity contribution is 5.94. The Morgan fingerprint density at radius 2 is 2.00 bits per heavy atom. The Labute approximate surface area is 159 Å². The highest BCUT2D eigenvalue weighted by Gasteiger charge is 2.28. The molecule has 1 fully saturated rings. The number of aryl methyl sites for hydroxylation is 1. The van der Waals surface area contributed by atoms with Crippen molar-refractivity contribution in [1.29, 1.82) is 0 Å². The molecule has 2 amide bonds. The molecule has 144 valence electrons. The zero-order chi connectivity index (χ0) is 19.4. The molecule has 1 aliphatic rings. The van der Waals surface area contributed by atoms with Crippen LogP contribution in [0.3, 0.4) is 0 Å². The fraction of sp³-hybridized carbons (Fsp3) is 0.500. The van der Waals surface area contributed by atoms with E-state index in [4.69, 9.17) is 0 Å². The van der Waals surface area contributed by atoms with E-state index in [0.29, 0.717) is 17.3 Å². The summed E-state index contributed by atoms with van der Waals surface area (Å²) in [6.07, 6.45) is 10.3. The van der Waals surface area contributed by atoms with E-state index in [1.807, 2.05) is 13.0 Å². The topological polar surface area (TPSA) is 80.1 Å². The van der Waals surface area contributed by atoms with Gasteiger partial charge in [-0.15, -0.1) is 0 Å². The average molecular weight is 369 g/mol. The number of nitrogens with zero attached hydrogens (tertiary/aromatic N) is 4. The van der Waals surface area contributed by atoms with Crippen LogP contribution in [0.5, 0.6) is 0 Å². The first-order valence-electron chi connectivity index (χ1n) is 9.43. The molecule has 1 saturated carbocycles. The molecule has 1 N–H and O–H groups in total. The second kappa shape index (κ2) is 8.33. The van der Waals surface area contributed by atoms with Crippen LogP contribution in [0.15, 0.2) is 30.7 Å². The van der Waals surface area contributed by atoms with E-state index >= 15 is 0 Å². The summed E-state index contributed by atoms with van der Waals surface area (Å²) in [4.78, 5) is 30.9. The third-order valence-corrected chi connectivity index (χ3v) is 5.07. The number of carbonyl (C=O) groups is 2. The molecule has 2 aromatic heterocycles. The largest absolute Gasteiger partial charge is 0.345 e. The molecule has 27 heavy (non-hydrogen) atoms. The van der Waals surface area contributed by atoms with Crippen LogP contribution < -0.4 is 5.32 Å². The van der Waals surface area contributed by atoms with Gasteiger partial charge in [0.05, 0.1) is 11.8 Å². The molecule has 0 bridgehead atoms. The van der Waals surface area contributed by atoms with Gasteiger partial charge in [0.15, 0.2) is 0 Å². The lowest BCUT2D eigenvalue weighted by molar-refractivity contribution is -0.120. The predicted octanol–water partition coefficient (Wildman–Crippen LogP) is 3.05. The van der Waals surface area contributed by atoms with Crippen molar-refractivity contribution in [3.63, 3.8) is 0 Å². The maximum absolute atomic E-state index is 13.0. The third kappa shape index (κ3) is 4.72. The fourth-order valence-electron chi connectivity index (χ4n) is 3.53. The summed E-state index contributed by atoms with van der Waals surface area (Å²) >= 11 is 0. The standard InChI is InChI=1S/C20H27N5O2/c1-14-8-9-18(21-11-14)23-19(26)17(10-15-6-4-5-7-15)25-13-16(12-22-25)20(27)24(2)3/h8-9,11-13,15,17H,4-7,10H2,1-3H3,(H,21,23,26). The number of nitrogens with one attached hydrogen (secondary N) is 1. The maximum Gasteiger partial charge on any atom is 0.256 e. The predicted molar refractivity (Wildman–Crippen MR) is 103 cm³/mol. The minimum atomic E-state index is -0.458. The molecular weight excluding hydrogens is 342 g/mol. The zero-order valence-corrected chi connectivity index (χ0v) is 16.2. The normalized spacial score (nSPS) is 15.5. The Morgan fingerprint density at radius 1 is 1.26 bits per heavy atom. The van der Waals surface area contributed by atoms with Crippen molar-refractivity contribution in [2.75, 3.05) is 19.4 Å². The number of aromatic nitrogens is 3. The summed E-state index contributed by atoms with van der Waals surface area (Å²) in [5.74, 6) is 0.759. The van der Waals surface area contributed by atoms with Gasteiger partial charge in [0.2, 0.25) is 5.91 Å². The number of pyridine rings is 1. The first-order valence-corrected chi connectivity index (χ1v) is 9.43. The van der Waals surface area contributed by atoms with E-state index in [2.05, 4.69) is 15.4 Å². The first-order chi connectivity index (χ1) is 12.9. The second-order valence-corrected chi connectivity index (χ2v) is 7.52. The summed E-state index contributed by atoms with van der Waals surface area (Å²) in [7, 11) is 3.40. The van der Waals surface area contributed by atoms with Crippen molar-refractivity contribution in [1.82, 2.24) is 19.7 Å². The van der Waals surface area contributed by atoms with Crippen LogP contribution >= 0.6 is 0 Å². The van der Waals surface area contributed by atoms with E-state index in [-0.39, 0.29) is 11.8 Å². The van der Waals surface area contributed by atoms with E-state index < -0.39 is 6.04 Å². The lowest BCUT2D eigenvalue weighted by Gasteiger charge is -2.20. The van der Waals surface area contributed by atoms with E-state index in [0.717, 1.165) is 24.8 Å². The van der Waals surface area contributed by atoms with Gasteiger partial charge < -0.3 is 10.2 Å². The zero-order valence-electron chi connectivity index (χ0n) is 16.2. The number of anilines is 1. The van der Waals surface area contributed by atoms with Crippen molar-refractivity contribution in [3.05, 3.63) is 41.9 Å². The Balaban J connectivity index is 1.80. The summed E-state index contributed by atoms with van der Waals surface area (Å²) < 4.78 is 1.62. The Bertz CT molecular complexity index is 791. The van der Waals surface area contributed by atoms with Crippen LogP contribution in [-0.4, -0.2) is 45.6 Å². The van der Waals surface area contributed by atoms with Gasteiger partial charge in [-0.3, -0.25) is 14.3 Å². The molecule has 1 aliphatic carbocycles. The molecule has 7 heteroatoms. The lowest BCUT2D eigenvalue weighted by atomic mass is 9.98. The monoisotopic (exact) mass is 369 g/mol. The summed E-state index contributed by atoms with van der Waals surface area (Å²) in [6.45, 7) is 1.95. The molecule has 1 atom stereocenters. The molecule has 2 aromatic rings. The Kier molecular flexibility index (Phi) is 5.88. The Morgan fingerprint density at radius 3 is 2.63 bits per heavy atom. The Hall–Kier alpha value is -2.70. The van der Waals surface area contributed by atoms with Gasteiger partial charge in [-0.25, -0.2) is 4.98 Å². The first kappa shape index (κ1) is 19.1. The SMILES string of the molecule is Cc1ccc(NC(=O)C(CC2CCCC2)n2cc(C(=O)N(C)C)cn2)nc1. The highest BCUT2D eigenvalue weighted by Crippen LogP contribution is 2.32. The van der Waals surface area contributed by atoms with Crippen LogP contribution in [0, 0.1) is 12.8 Å². The van der Waals surface area contributed by atoms with Gasteiger partial charge >= 0.3 is 0 Å². The minimum absolute atomic E-state index is 0.124. The minimum Gasteiger partial charge on any atom is -0.345 e. The van der Waals surface area contributed by atoms with Crippen molar-refractivity contribution in [2.45, 2.75) is 45.1 Å². The van der Waals surface area contributed by atoms with E-state index in [1.165, 1.54) is 23.9 Å². The average Bonchev–Trinajstić information content (AvgIpc) is 3.32. The lowest BCUT2D eigenvalue weighted by Crippen LogP contribution is -2.28. The van der Waals surface area contributed by atoms with Gasteiger partial charge in [-0.1, -0.05) is 31.7 Å². The van der Waals surface area contributed by atoms with Crippen LogP contribution in [0.1, 0.15) is 54.1 Å². The molecule has 0 radical (unpaired) electrons. The van der Waals surface area contributed by atoms with Crippen molar-refractivity contribution < 1.29 is 9.59 Å². The molecular formula is C20H27N5O2. The van der Waals surface area contributed by atoms with Crippen LogP contribution in [0.4, 0.5) is 5.82 Å². The second-order valence-electron chi connectivity index (χ2n) is 7.52. The van der Waals surface area contributed by atoms with Gasteiger partial charge in [0.1, 0.15) is 11.9 Å². The fourth-order valence-corrected chi connectivity index (χ4v) is 3.53. The van der Waals surface area contributed by atoms with Crippen molar-refractivity contribution >= 4 is 17.6 Å². The number of hydrogen-bond acceptors (Lipinski definition) is 4. The molecule has 3 rings (SSSR count). The quantitative estimate of drug-likeness (QED) is 0.849. The molecule has 1 unspecified atom stereocenters. The summed E-state index contributed by atoms with van der Waals surface area (Å²) in [5.41, 5.74) is 1.52. The molecule has 7 nitrogen and oxygen atoms in total. The van der Waals surface area contributed by atoms with E-state index in [9.17, 15) is 9.59 Å². The van der Waals surface area contributed by atoms with E-state index in [1.54, 1.807) is 37.2 Å². The van der Waals surface area contributed by atoms with Gasteiger partial charge in [0.25, 0.3) is 5.91 Å². The van der Waals surface area contributed by atoms with Crippen LogP contribution in [0.25, 0.3) is 0 Å². The van der Waals surface area contributed by atoms with Gasteiger partial charge in [-0.05, 0) is 30.9 Å². The molecule has 0 aliphatic heterocycles. The summed E-state index contributed by atoms with van der Waals surface area (Å²) in [5, 5.41) is 7.22. The van der Waals surface area contributed by atoms with Crippen LogP contribution in [-0.2, 0) is 4.79 Å².